The standard InChI is InChI=1S/C27H32N4O/c1-4-19-10-12-20(13-11-19)17-30-22-14-15-23(30)18-31-24(16-22)25(27(32)29(2)3)28-26(31)21-8-6-5-7-9-21/h5-13,22-23H,4,14-18H2,1-3H3. The van der Waals surface area contributed by atoms with E-state index in [1.54, 1.807) is 4.90 Å². The Morgan fingerprint density at radius 3 is 2.38 bits per heavy atom. The van der Waals surface area contributed by atoms with Gasteiger partial charge < -0.3 is 9.47 Å². The Kier molecular flexibility index (Phi) is 5.60. The van der Waals surface area contributed by atoms with E-state index in [2.05, 4.69) is 52.8 Å². The molecule has 3 aromatic rings. The van der Waals surface area contributed by atoms with Gasteiger partial charge in [-0.2, -0.15) is 0 Å². The van der Waals surface area contributed by atoms with E-state index in [9.17, 15) is 4.79 Å². The minimum Gasteiger partial charge on any atom is -0.343 e. The molecule has 1 saturated heterocycles. The fraction of sp³-hybridized carbons (Fsp3) is 0.407. The summed E-state index contributed by atoms with van der Waals surface area (Å²) < 4.78 is 2.34. The summed E-state index contributed by atoms with van der Waals surface area (Å²) in [7, 11) is 3.62. The van der Waals surface area contributed by atoms with Gasteiger partial charge in [-0.05, 0) is 30.4 Å². The van der Waals surface area contributed by atoms with Gasteiger partial charge in [0.25, 0.3) is 5.91 Å². The molecule has 3 heterocycles. The molecule has 166 valence electrons. The molecular weight excluding hydrogens is 396 g/mol. The molecule has 0 spiro atoms. The number of amides is 1. The Morgan fingerprint density at radius 2 is 1.69 bits per heavy atom. The van der Waals surface area contributed by atoms with Gasteiger partial charge in [0.2, 0.25) is 0 Å². The van der Waals surface area contributed by atoms with E-state index in [0.717, 1.165) is 43.0 Å². The van der Waals surface area contributed by atoms with Gasteiger partial charge in [0, 0.05) is 51.3 Å². The van der Waals surface area contributed by atoms with Gasteiger partial charge in [-0.25, -0.2) is 4.98 Å². The summed E-state index contributed by atoms with van der Waals surface area (Å²) in [5.74, 6) is 0.918. The minimum atomic E-state index is -0.00425. The van der Waals surface area contributed by atoms with Gasteiger partial charge in [0.05, 0.1) is 5.69 Å². The van der Waals surface area contributed by atoms with Gasteiger partial charge in [-0.3, -0.25) is 9.69 Å². The monoisotopic (exact) mass is 428 g/mol. The highest BCUT2D eigenvalue weighted by molar-refractivity contribution is 5.94. The van der Waals surface area contributed by atoms with Crippen LogP contribution in [0.4, 0.5) is 0 Å². The molecule has 1 amide bonds. The quantitative estimate of drug-likeness (QED) is 0.605. The molecule has 5 nitrogen and oxygen atoms in total. The molecule has 2 aromatic carbocycles. The smallest absolute Gasteiger partial charge is 0.273 e. The maximum Gasteiger partial charge on any atom is 0.273 e. The van der Waals surface area contributed by atoms with Crippen LogP contribution in [0.5, 0.6) is 0 Å². The summed E-state index contributed by atoms with van der Waals surface area (Å²) in [6, 6.07) is 20.3. The summed E-state index contributed by atoms with van der Waals surface area (Å²) in [6.07, 6.45) is 4.32. The molecule has 5 heteroatoms. The summed E-state index contributed by atoms with van der Waals surface area (Å²) >= 11 is 0. The molecule has 2 atom stereocenters. The van der Waals surface area contributed by atoms with Crippen LogP contribution in [0.25, 0.3) is 11.4 Å². The van der Waals surface area contributed by atoms with Crippen LogP contribution in [0.3, 0.4) is 0 Å². The summed E-state index contributed by atoms with van der Waals surface area (Å²) in [5.41, 5.74) is 5.55. The first kappa shape index (κ1) is 21.0. The van der Waals surface area contributed by atoms with E-state index >= 15 is 0 Å². The van der Waals surface area contributed by atoms with Gasteiger partial charge in [0.1, 0.15) is 11.5 Å². The van der Waals surface area contributed by atoms with Crippen molar-refractivity contribution in [3.63, 3.8) is 0 Å². The van der Waals surface area contributed by atoms with Gasteiger partial charge in [-0.1, -0.05) is 61.5 Å². The summed E-state index contributed by atoms with van der Waals surface area (Å²) in [4.78, 5) is 22.3. The van der Waals surface area contributed by atoms with Crippen molar-refractivity contribution in [2.45, 2.75) is 57.8 Å². The first-order valence-electron chi connectivity index (χ1n) is 11.7. The summed E-state index contributed by atoms with van der Waals surface area (Å²) in [6.45, 7) is 4.05. The van der Waals surface area contributed by atoms with Crippen LogP contribution >= 0.6 is 0 Å². The zero-order valence-corrected chi connectivity index (χ0v) is 19.3. The number of carbonyl (C=O) groups is 1. The normalized spacial score (nSPS) is 20.1. The van der Waals surface area contributed by atoms with E-state index in [1.165, 1.54) is 24.0 Å². The van der Waals surface area contributed by atoms with Crippen molar-refractivity contribution in [3.05, 3.63) is 77.1 Å². The van der Waals surface area contributed by atoms with E-state index in [0.29, 0.717) is 17.8 Å². The second-order valence-electron chi connectivity index (χ2n) is 9.34. The largest absolute Gasteiger partial charge is 0.343 e. The molecular formula is C27H32N4O. The van der Waals surface area contributed by atoms with E-state index in [-0.39, 0.29) is 5.91 Å². The lowest BCUT2D eigenvalue weighted by Crippen LogP contribution is -2.36. The van der Waals surface area contributed by atoms with Crippen molar-refractivity contribution in [1.82, 2.24) is 19.4 Å². The average molecular weight is 429 g/mol. The first-order chi connectivity index (χ1) is 15.5. The molecule has 2 unspecified atom stereocenters. The fourth-order valence-corrected chi connectivity index (χ4v) is 5.29. The number of nitrogens with zero attached hydrogens (tertiary/aromatic N) is 4. The lowest BCUT2D eigenvalue weighted by atomic mass is 10.0. The second kappa shape index (κ2) is 8.55. The van der Waals surface area contributed by atoms with E-state index in [4.69, 9.17) is 4.98 Å². The van der Waals surface area contributed by atoms with Crippen LogP contribution < -0.4 is 0 Å². The number of aromatic nitrogens is 2. The second-order valence-corrected chi connectivity index (χ2v) is 9.34. The lowest BCUT2D eigenvalue weighted by Gasteiger charge is -2.28. The van der Waals surface area contributed by atoms with E-state index in [1.807, 2.05) is 32.3 Å². The maximum atomic E-state index is 13.0. The highest BCUT2D eigenvalue weighted by atomic mass is 16.2. The number of rotatable bonds is 5. The van der Waals surface area contributed by atoms with Crippen molar-refractivity contribution in [1.29, 1.82) is 0 Å². The molecule has 5 rings (SSSR count). The van der Waals surface area contributed by atoms with Crippen LogP contribution in [-0.2, 0) is 25.9 Å². The van der Waals surface area contributed by atoms with Crippen molar-refractivity contribution in [2.24, 2.45) is 0 Å². The Labute approximate surface area is 190 Å². The highest BCUT2D eigenvalue weighted by Crippen LogP contribution is 2.36. The SMILES string of the molecule is CCc1ccc(CN2C3CCC2Cn2c(-c4ccccc4)nc(C(=O)N(C)C)c2C3)cc1. The zero-order chi connectivity index (χ0) is 22.2. The van der Waals surface area contributed by atoms with Crippen molar-refractivity contribution >= 4 is 5.91 Å². The third-order valence-corrected chi connectivity index (χ3v) is 7.10. The van der Waals surface area contributed by atoms with Crippen LogP contribution in [0.1, 0.15) is 47.1 Å². The topological polar surface area (TPSA) is 41.4 Å². The average Bonchev–Trinajstić information content (AvgIpc) is 3.30. The van der Waals surface area contributed by atoms with Crippen LogP contribution in [0, 0.1) is 0 Å². The molecule has 0 aliphatic carbocycles. The Morgan fingerprint density at radius 1 is 1.00 bits per heavy atom. The third-order valence-electron chi connectivity index (χ3n) is 7.10. The Balaban J connectivity index is 1.51. The number of hydrogen-bond donors (Lipinski definition) is 0. The van der Waals surface area contributed by atoms with E-state index < -0.39 is 0 Å². The number of carbonyl (C=O) groups excluding carboxylic acids is 1. The molecule has 0 N–H and O–H groups in total. The predicted octanol–water partition coefficient (Wildman–Crippen LogP) is 4.40. The maximum absolute atomic E-state index is 13.0. The fourth-order valence-electron chi connectivity index (χ4n) is 5.29. The molecule has 1 fully saturated rings. The Hall–Kier alpha value is -2.92. The lowest BCUT2D eigenvalue weighted by molar-refractivity contribution is 0.0821. The van der Waals surface area contributed by atoms with Gasteiger partial charge in [-0.15, -0.1) is 0 Å². The Bertz CT molecular complexity index is 1100. The van der Waals surface area contributed by atoms with Crippen molar-refractivity contribution in [2.75, 3.05) is 14.1 Å². The molecule has 1 aromatic heterocycles. The minimum absolute atomic E-state index is 0.00425. The van der Waals surface area contributed by atoms with Gasteiger partial charge in [0.15, 0.2) is 0 Å². The van der Waals surface area contributed by atoms with Crippen LogP contribution in [-0.4, -0.2) is 51.4 Å². The van der Waals surface area contributed by atoms with Crippen LogP contribution in [0.2, 0.25) is 0 Å². The van der Waals surface area contributed by atoms with Crippen molar-refractivity contribution in [3.8, 4) is 11.4 Å². The zero-order valence-electron chi connectivity index (χ0n) is 19.3. The highest BCUT2D eigenvalue weighted by Gasteiger charge is 2.40. The number of benzene rings is 2. The number of hydrogen-bond acceptors (Lipinski definition) is 3. The first-order valence-corrected chi connectivity index (χ1v) is 11.7. The number of aryl methyl sites for hydroxylation is 1. The molecule has 32 heavy (non-hydrogen) atoms. The molecule has 0 radical (unpaired) electrons. The number of imidazole rings is 1. The number of fused-ring (bicyclic) bond motifs is 3. The predicted molar refractivity (Wildman–Crippen MR) is 128 cm³/mol. The van der Waals surface area contributed by atoms with Crippen LogP contribution in [0.15, 0.2) is 54.6 Å². The molecule has 2 bridgehead atoms. The molecule has 0 saturated carbocycles. The summed E-state index contributed by atoms with van der Waals surface area (Å²) in [5, 5.41) is 0. The van der Waals surface area contributed by atoms with Gasteiger partial charge >= 0.3 is 0 Å². The third kappa shape index (κ3) is 3.75. The molecule has 2 aliphatic rings. The molecule has 2 aliphatic heterocycles. The van der Waals surface area contributed by atoms with Crippen molar-refractivity contribution < 1.29 is 4.79 Å².